The molecule has 0 amide bonds. The molecule has 5 fully saturated rings. The molecule has 5 aliphatic rings. The van der Waals surface area contributed by atoms with Crippen molar-refractivity contribution in [2.24, 2.45) is 34.5 Å². The fourth-order valence-corrected chi connectivity index (χ4v) is 8.93. The first-order valence-electron chi connectivity index (χ1n) is 10.2. The minimum atomic E-state index is -0.309. The molecule has 1 spiro atoms. The van der Waals surface area contributed by atoms with Crippen molar-refractivity contribution in [2.45, 2.75) is 76.9 Å². The van der Waals surface area contributed by atoms with Crippen LogP contribution in [0.2, 0.25) is 0 Å². The molecule has 1 N–H and O–H groups in total. The van der Waals surface area contributed by atoms with Crippen LogP contribution in [-0.2, 0) is 9.53 Å². The quantitative estimate of drug-likeness (QED) is 0.755. The molecule has 25 heavy (non-hydrogen) atoms. The predicted octanol–water partition coefficient (Wildman–Crippen LogP) is 4.27. The zero-order valence-corrected chi connectivity index (χ0v) is 16.8. The van der Waals surface area contributed by atoms with E-state index < -0.39 is 0 Å². The number of fused-ring (bicyclic) bond motifs is 3. The van der Waals surface area contributed by atoms with Crippen LogP contribution in [0.4, 0.5) is 0 Å². The van der Waals surface area contributed by atoms with Gasteiger partial charge < -0.3 is 9.84 Å². The lowest BCUT2D eigenvalue weighted by Gasteiger charge is -2.69. The maximum absolute atomic E-state index is 11.4. The van der Waals surface area contributed by atoms with Gasteiger partial charge in [-0.3, -0.25) is 4.79 Å². The van der Waals surface area contributed by atoms with Crippen LogP contribution in [0.25, 0.3) is 0 Å². The number of hydrogen-bond acceptors (Lipinski definition) is 4. The Morgan fingerprint density at radius 1 is 1.16 bits per heavy atom. The summed E-state index contributed by atoms with van der Waals surface area (Å²) in [5.41, 5.74) is 0.0226. The second-order valence-electron chi connectivity index (χ2n) is 9.86. The molecule has 2 bridgehead atoms. The van der Waals surface area contributed by atoms with Gasteiger partial charge in [0, 0.05) is 5.92 Å². The van der Waals surface area contributed by atoms with E-state index in [1.54, 1.807) is 0 Å². The molecule has 0 aromatic carbocycles. The van der Waals surface area contributed by atoms with E-state index in [2.05, 4.69) is 20.1 Å². The maximum Gasteiger partial charge on any atom is 0.293 e. The largest absolute Gasteiger partial charge is 0.461 e. The summed E-state index contributed by atoms with van der Waals surface area (Å²) in [6.45, 7) is 5.30. The SMILES string of the molecule is CSC[C@@H]1[C@H]2CC[C@@]3(CC[C@H]4[C@@](C)(CCC[C@@]4(C)OC=O)[C@@H]3C2)[C@@H]1O. The number of ether oxygens (including phenoxy) is 1. The number of aliphatic hydroxyl groups is 1. The zero-order valence-electron chi connectivity index (χ0n) is 16.0. The van der Waals surface area contributed by atoms with Gasteiger partial charge in [-0.1, -0.05) is 6.92 Å². The summed E-state index contributed by atoms with van der Waals surface area (Å²) < 4.78 is 5.70. The first kappa shape index (κ1) is 18.2. The van der Waals surface area contributed by atoms with Gasteiger partial charge in [0.25, 0.3) is 6.47 Å². The van der Waals surface area contributed by atoms with E-state index in [1.165, 1.54) is 25.7 Å². The van der Waals surface area contributed by atoms with Crippen molar-refractivity contribution < 1.29 is 14.6 Å². The summed E-state index contributed by atoms with van der Waals surface area (Å²) in [7, 11) is 0. The third kappa shape index (κ3) is 2.38. The van der Waals surface area contributed by atoms with E-state index in [1.807, 2.05) is 11.8 Å². The first-order chi connectivity index (χ1) is 11.9. The first-order valence-corrected chi connectivity index (χ1v) is 11.6. The summed E-state index contributed by atoms with van der Waals surface area (Å²) in [5.74, 6) is 3.32. The molecule has 0 unspecified atom stereocenters. The van der Waals surface area contributed by atoms with E-state index in [0.717, 1.165) is 31.4 Å². The molecule has 142 valence electrons. The molecule has 5 aliphatic carbocycles. The van der Waals surface area contributed by atoms with Crippen LogP contribution in [0.1, 0.15) is 65.2 Å². The van der Waals surface area contributed by atoms with Crippen molar-refractivity contribution in [1.82, 2.24) is 0 Å². The summed E-state index contributed by atoms with van der Waals surface area (Å²) in [6, 6.07) is 0. The van der Waals surface area contributed by atoms with Crippen LogP contribution in [-0.4, -0.2) is 35.3 Å². The number of carbonyl (C=O) groups is 1. The van der Waals surface area contributed by atoms with Gasteiger partial charge in [-0.2, -0.15) is 11.8 Å². The van der Waals surface area contributed by atoms with Gasteiger partial charge in [-0.15, -0.1) is 0 Å². The highest BCUT2D eigenvalue weighted by atomic mass is 32.2. The lowest BCUT2D eigenvalue weighted by molar-refractivity contribution is -0.252. The molecule has 8 atom stereocenters. The minimum absolute atomic E-state index is 0.125. The van der Waals surface area contributed by atoms with E-state index in [-0.39, 0.29) is 22.5 Å². The van der Waals surface area contributed by atoms with E-state index in [0.29, 0.717) is 30.1 Å². The van der Waals surface area contributed by atoms with Gasteiger partial charge in [0.15, 0.2) is 0 Å². The van der Waals surface area contributed by atoms with Crippen molar-refractivity contribution in [1.29, 1.82) is 0 Å². The van der Waals surface area contributed by atoms with Crippen molar-refractivity contribution >= 4 is 18.2 Å². The minimum Gasteiger partial charge on any atom is -0.461 e. The molecule has 0 aromatic heterocycles. The molecule has 0 aliphatic heterocycles. The second kappa shape index (κ2) is 6.15. The van der Waals surface area contributed by atoms with Crippen molar-refractivity contribution in [3.05, 3.63) is 0 Å². The highest BCUT2D eigenvalue weighted by molar-refractivity contribution is 7.98. The smallest absolute Gasteiger partial charge is 0.293 e. The van der Waals surface area contributed by atoms with E-state index in [4.69, 9.17) is 4.74 Å². The topological polar surface area (TPSA) is 46.5 Å². The number of thioether (sulfide) groups is 1. The molecular formula is C21H34O3S. The lowest BCUT2D eigenvalue weighted by Crippen LogP contribution is -2.67. The van der Waals surface area contributed by atoms with Gasteiger partial charge in [0.1, 0.15) is 5.60 Å². The zero-order chi connectivity index (χ0) is 17.9. The summed E-state index contributed by atoms with van der Waals surface area (Å²) in [4.78, 5) is 11.2. The molecule has 0 aromatic rings. The molecule has 5 saturated carbocycles. The standard InChI is InChI=1S/C21H34O3S/c1-19-7-4-8-20(2,24-13-22)16(19)6-10-21-9-5-14(11-17(19)21)15(12-25-3)18(21)23/h13-18,23H,4-12H2,1-3H3/t14-,15+,16-,17-,18+,19+,20+,21-/m0/s1. The van der Waals surface area contributed by atoms with Crippen LogP contribution >= 0.6 is 11.8 Å². The van der Waals surface area contributed by atoms with Gasteiger partial charge in [0.2, 0.25) is 0 Å². The third-order valence-corrected chi connectivity index (χ3v) is 9.82. The Morgan fingerprint density at radius 2 is 1.92 bits per heavy atom. The Labute approximate surface area is 156 Å². The average molecular weight is 367 g/mol. The fraction of sp³-hybridized carbons (Fsp3) is 0.952. The molecule has 0 radical (unpaired) electrons. The Hall–Kier alpha value is -0.220. The highest BCUT2D eigenvalue weighted by Crippen LogP contribution is 2.71. The molecule has 0 heterocycles. The molecule has 5 rings (SSSR count). The summed E-state index contributed by atoms with van der Waals surface area (Å²) >= 11 is 1.90. The number of aliphatic hydroxyl groups excluding tert-OH is 1. The lowest BCUT2D eigenvalue weighted by atomic mass is 9.36. The van der Waals surface area contributed by atoms with Gasteiger partial charge >= 0.3 is 0 Å². The van der Waals surface area contributed by atoms with Gasteiger partial charge in [-0.05, 0) is 98.9 Å². The molecule has 0 saturated heterocycles. The molecule has 3 nitrogen and oxygen atoms in total. The summed E-state index contributed by atoms with van der Waals surface area (Å²) in [6.07, 6.45) is 11.4. The maximum atomic E-state index is 11.4. The van der Waals surface area contributed by atoms with E-state index in [9.17, 15) is 9.90 Å². The van der Waals surface area contributed by atoms with E-state index >= 15 is 0 Å². The molecular weight excluding hydrogens is 332 g/mol. The number of hydrogen-bond donors (Lipinski definition) is 1. The summed E-state index contributed by atoms with van der Waals surface area (Å²) in [5, 5.41) is 11.4. The normalized spacial score (nSPS) is 54.5. The van der Waals surface area contributed by atoms with Crippen LogP contribution in [0, 0.1) is 34.5 Å². The Morgan fingerprint density at radius 3 is 2.64 bits per heavy atom. The average Bonchev–Trinajstić information content (AvgIpc) is 2.58. The van der Waals surface area contributed by atoms with Crippen LogP contribution in [0.3, 0.4) is 0 Å². The Bertz CT molecular complexity index is 539. The van der Waals surface area contributed by atoms with Crippen molar-refractivity contribution in [3.63, 3.8) is 0 Å². The van der Waals surface area contributed by atoms with Crippen LogP contribution < -0.4 is 0 Å². The van der Waals surface area contributed by atoms with Gasteiger partial charge in [-0.25, -0.2) is 0 Å². The molecule has 4 heteroatoms. The third-order valence-electron chi connectivity index (χ3n) is 9.11. The van der Waals surface area contributed by atoms with Crippen LogP contribution in [0.5, 0.6) is 0 Å². The monoisotopic (exact) mass is 366 g/mol. The second-order valence-corrected chi connectivity index (χ2v) is 10.8. The van der Waals surface area contributed by atoms with Crippen molar-refractivity contribution in [3.8, 4) is 0 Å². The van der Waals surface area contributed by atoms with Gasteiger partial charge in [0.05, 0.1) is 6.10 Å². The number of carbonyl (C=O) groups excluding carboxylic acids is 1. The van der Waals surface area contributed by atoms with Crippen molar-refractivity contribution in [2.75, 3.05) is 12.0 Å². The van der Waals surface area contributed by atoms with Crippen LogP contribution in [0.15, 0.2) is 0 Å². The Kier molecular flexibility index (Phi) is 4.47. The fourth-order valence-electron chi connectivity index (χ4n) is 8.09. The predicted molar refractivity (Wildman–Crippen MR) is 101 cm³/mol. The Balaban J connectivity index is 1.69. The number of rotatable bonds is 4. The highest BCUT2D eigenvalue weighted by Gasteiger charge is 2.67.